The van der Waals surface area contributed by atoms with Crippen LogP contribution >= 0.6 is 0 Å². The van der Waals surface area contributed by atoms with Crippen molar-refractivity contribution >= 4 is 6.03 Å². The first-order valence-corrected chi connectivity index (χ1v) is 6.73. The van der Waals surface area contributed by atoms with E-state index in [0.717, 1.165) is 11.1 Å². The minimum absolute atomic E-state index is 0.174. The first kappa shape index (κ1) is 13.6. The lowest BCUT2D eigenvalue weighted by atomic mass is 10.1. The molecule has 0 radical (unpaired) electrons. The predicted molar refractivity (Wildman–Crippen MR) is 73.3 cm³/mol. The van der Waals surface area contributed by atoms with E-state index < -0.39 is 12.1 Å². The fourth-order valence-corrected chi connectivity index (χ4v) is 2.51. The summed E-state index contributed by atoms with van der Waals surface area (Å²) in [7, 11) is 0. The first-order valence-electron chi connectivity index (χ1n) is 6.73. The van der Waals surface area contributed by atoms with Gasteiger partial charge in [0.05, 0.1) is 18.7 Å². The Morgan fingerprint density at radius 1 is 1.48 bits per heavy atom. The third-order valence-corrected chi connectivity index (χ3v) is 3.47. The standard InChI is InChI=1S/C14H16N4O3/c1-8-16-12(18-21-8)7-15-14(20)17-13-10-5-3-2-4-9(10)6-11(13)19/h2-5,11,13,19H,6-7H2,1H3,(H2,15,17,20)/t11-,13+/m0/s1. The number of carbonyl (C=O) groups is 1. The summed E-state index contributed by atoms with van der Waals surface area (Å²) in [6, 6.07) is 6.92. The molecule has 0 aliphatic heterocycles. The maximum atomic E-state index is 11.9. The molecule has 2 atom stereocenters. The zero-order valence-electron chi connectivity index (χ0n) is 11.5. The lowest BCUT2D eigenvalue weighted by Gasteiger charge is -2.18. The number of amides is 2. The summed E-state index contributed by atoms with van der Waals surface area (Å²) < 4.78 is 4.82. The van der Waals surface area contributed by atoms with E-state index in [0.29, 0.717) is 18.1 Å². The molecule has 7 nitrogen and oxygen atoms in total. The Morgan fingerprint density at radius 3 is 3.05 bits per heavy atom. The van der Waals surface area contributed by atoms with Crippen LogP contribution < -0.4 is 10.6 Å². The number of aryl methyl sites for hydroxylation is 1. The Kier molecular flexibility index (Phi) is 3.57. The Hall–Kier alpha value is -2.41. The number of carbonyl (C=O) groups excluding carboxylic acids is 1. The second kappa shape index (κ2) is 5.53. The second-order valence-corrected chi connectivity index (χ2v) is 5.00. The number of aliphatic hydroxyl groups is 1. The van der Waals surface area contributed by atoms with Gasteiger partial charge >= 0.3 is 6.03 Å². The van der Waals surface area contributed by atoms with Crippen LogP contribution in [0.1, 0.15) is 28.9 Å². The van der Waals surface area contributed by atoms with E-state index in [9.17, 15) is 9.90 Å². The average Bonchev–Trinajstić information content (AvgIpc) is 3.01. The Balaban J connectivity index is 1.60. The summed E-state index contributed by atoms with van der Waals surface area (Å²) >= 11 is 0. The largest absolute Gasteiger partial charge is 0.390 e. The molecule has 1 heterocycles. The number of nitrogens with one attached hydrogen (secondary N) is 2. The van der Waals surface area contributed by atoms with Gasteiger partial charge in [-0.3, -0.25) is 0 Å². The maximum absolute atomic E-state index is 11.9. The molecule has 2 aromatic rings. The molecule has 1 aliphatic rings. The molecule has 0 spiro atoms. The molecule has 21 heavy (non-hydrogen) atoms. The van der Waals surface area contributed by atoms with E-state index in [1.165, 1.54) is 0 Å². The van der Waals surface area contributed by atoms with E-state index in [1.807, 2.05) is 24.3 Å². The molecular formula is C14H16N4O3. The number of hydrogen-bond donors (Lipinski definition) is 3. The van der Waals surface area contributed by atoms with Crippen molar-refractivity contribution < 1.29 is 14.4 Å². The van der Waals surface area contributed by atoms with Gasteiger partial charge in [-0.15, -0.1) is 0 Å². The average molecular weight is 288 g/mol. The number of hydrogen-bond acceptors (Lipinski definition) is 5. The van der Waals surface area contributed by atoms with Crippen LogP contribution in [0.3, 0.4) is 0 Å². The van der Waals surface area contributed by atoms with Crippen molar-refractivity contribution in [2.75, 3.05) is 0 Å². The molecule has 1 aromatic heterocycles. The lowest BCUT2D eigenvalue weighted by Crippen LogP contribution is -2.40. The number of aliphatic hydroxyl groups excluding tert-OH is 1. The highest BCUT2D eigenvalue weighted by atomic mass is 16.5. The lowest BCUT2D eigenvalue weighted by molar-refractivity contribution is 0.142. The van der Waals surface area contributed by atoms with Crippen LogP contribution in [0.5, 0.6) is 0 Å². The van der Waals surface area contributed by atoms with Crippen LogP contribution in [0.25, 0.3) is 0 Å². The van der Waals surface area contributed by atoms with Gasteiger partial charge in [0.2, 0.25) is 5.89 Å². The molecule has 2 amide bonds. The van der Waals surface area contributed by atoms with Gasteiger partial charge in [-0.2, -0.15) is 4.98 Å². The molecule has 110 valence electrons. The summed E-state index contributed by atoms with van der Waals surface area (Å²) in [6.45, 7) is 1.86. The number of aromatic nitrogens is 2. The highest BCUT2D eigenvalue weighted by molar-refractivity contribution is 5.74. The molecule has 3 N–H and O–H groups in total. The number of fused-ring (bicyclic) bond motifs is 1. The number of urea groups is 1. The summed E-state index contributed by atoms with van der Waals surface area (Å²) in [5.41, 5.74) is 2.01. The normalized spacial score (nSPS) is 20.1. The van der Waals surface area contributed by atoms with Gasteiger partial charge in [-0.1, -0.05) is 29.4 Å². The van der Waals surface area contributed by atoms with Crippen molar-refractivity contribution in [3.8, 4) is 0 Å². The summed E-state index contributed by atoms with van der Waals surface area (Å²) in [5.74, 6) is 0.863. The van der Waals surface area contributed by atoms with Gasteiger partial charge < -0.3 is 20.3 Å². The number of benzene rings is 1. The molecule has 0 unspecified atom stereocenters. The van der Waals surface area contributed by atoms with Gasteiger partial charge in [0.15, 0.2) is 5.82 Å². The molecule has 1 aromatic carbocycles. The van der Waals surface area contributed by atoms with Crippen molar-refractivity contribution in [1.82, 2.24) is 20.8 Å². The third-order valence-electron chi connectivity index (χ3n) is 3.47. The summed E-state index contributed by atoms with van der Waals surface area (Å²) in [6.07, 6.45) is -0.0638. The SMILES string of the molecule is Cc1nc(CNC(=O)N[C@@H]2c3ccccc3C[C@@H]2O)no1. The van der Waals surface area contributed by atoms with Crippen molar-refractivity contribution in [1.29, 1.82) is 0 Å². The van der Waals surface area contributed by atoms with Crippen molar-refractivity contribution in [2.45, 2.75) is 32.0 Å². The van der Waals surface area contributed by atoms with E-state index >= 15 is 0 Å². The minimum Gasteiger partial charge on any atom is -0.390 e. The fourth-order valence-electron chi connectivity index (χ4n) is 2.51. The van der Waals surface area contributed by atoms with Crippen molar-refractivity contribution in [2.24, 2.45) is 0 Å². The summed E-state index contributed by atoms with van der Waals surface area (Å²) in [5, 5.41) is 19.2. The van der Waals surface area contributed by atoms with E-state index in [1.54, 1.807) is 6.92 Å². The fraction of sp³-hybridized carbons (Fsp3) is 0.357. The minimum atomic E-state index is -0.611. The van der Waals surface area contributed by atoms with Gasteiger partial charge in [0.1, 0.15) is 0 Å². The quantitative estimate of drug-likeness (QED) is 0.777. The summed E-state index contributed by atoms with van der Waals surface area (Å²) in [4.78, 5) is 15.9. The predicted octanol–water partition coefficient (Wildman–Crippen LogP) is 0.836. The molecular weight excluding hydrogens is 272 g/mol. The Morgan fingerprint density at radius 2 is 2.29 bits per heavy atom. The van der Waals surface area contributed by atoms with Crippen LogP contribution in [0.15, 0.2) is 28.8 Å². The first-order chi connectivity index (χ1) is 10.1. The van der Waals surface area contributed by atoms with Gasteiger partial charge in [0, 0.05) is 13.3 Å². The zero-order chi connectivity index (χ0) is 14.8. The number of nitrogens with zero attached hydrogens (tertiary/aromatic N) is 2. The van der Waals surface area contributed by atoms with Crippen LogP contribution in [-0.4, -0.2) is 27.4 Å². The molecule has 0 fully saturated rings. The van der Waals surface area contributed by atoms with E-state index in [-0.39, 0.29) is 12.6 Å². The van der Waals surface area contributed by atoms with Crippen LogP contribution in [0, 0.1) is 6.92 Å². The molecule has 3 rings (SSSR count). The molecule has 0 saturated heterocycles. The third kappa shape index (κ3) is 2.87. The van der Waals surface area contributed by atoms with Crippen molar-refractivity contribution in [3.63, 3.8) is 0 Å². The Bertz CT molecular complexity index is 655. The van der Waals surface area contributed by atoms with Crippen LogP contribution in [-0.2, 0) is 13.0 Å². The molecule has 1 aliphatic carbocycles. The topological polar surface area (TPSA) is 100 Å². The molecule has 0 saturated carbocycles. The van der Waals surface area contributed by atoms with Crippen LogP contribution in [0.4, 0.5) is 4.79 Å². The highest BCUT2D eigenvalue weighted by Gasteiger charge is 2.31. The molecule has 0 bridgehead atoms. The maximum Gasteiger partial charge on any atom is 0.315 e. The molecule has 7 heteroatoms. The van der Waals surface area contributed by atoms with Gasteiger partial charge in [0.25, 0.3) is 0 Å². The van der Waals surface area contributed by atoms with Crippen LogP contribution in [0.2, 0.25) is 0 Å². The number of rotatable bonds is 3. The van der Waals surface area contributed by atoms with Gasteiger partial charge in [-0.25, -0.2) is 4.79 Å². The highest BCUT2D eigenvalue weighted by Crippen LogP contribution is 2.30. The zero-order valence-corrected chi connectivity index (χ0v) is 11.5. The monoisotopic (exact) mass is 288 g/mol. The Labute approximate surface area is 121 Å². The van der Waals surface area contributed by atoms with E-state index in [2.05, 4.69) is 20.8 Å². The van der Waals surface area contributed by atoms with Gasteiger partial charge in [-0.05, 0) is 11.1 Å². The second-order valence-electron chi connectivity index (χ2n) is 5.00. The van der Waals surface area contributed by atoms with Crippen molar-refractivity contribution in [3.05, 3.63) is 47.1 Å². The van der Waals surface area contributed by atoms with E-state index in [4.69, 9.17) is 4.52 Å². The smallest absolute Gasteiger partial charge is 0.315 e.